The predicted molar refractivity (Wildman–Crippen MR) is 121 cm³/mol. The number of fused-ring (bicyclic) bond motifs is 1. The maximum absolute atomic E-state index is 13.2. The van der Waals surface area contributed by atoms with Gasteiger partial charge in [-0.1, -0.05) is 23.0 Å². The maximum Gasteiger partial charge on any atom is 0.230 e. The lowest BCUT2D eigenvalue weighted by atomic mass is 10.1. The molecule has 0 fully saturated rings. The molecule has 0 bridgehead atoms. The van der Waals surface area contributed by atoms with Crippen LogP contribution in [0.25, 0.3) is 16.9 Å². The SMILES string of the molecule is COc1ccc(CCNC(=O)CSc2ncnc3c2nnn3-c2ccc(F)cc2)cc1OC. The van der Waals surface area contributed by atoms with Crippen molar-refractivity contribution < 1.29 is 18.7 Å². The van der Waals surface area contributed by atoms with Gasteiger partial charge in [0.2, 0.25) is 5.91 Å². The van der Waals surface area contributed by atoms with Crippen LogP contribution in [0.1, 0.15) is 5.56 Å². The molecule has 2 heterocycles. The monoisotopic (exact) mass is 468 g/mol. The lowest BCUT2D eigenvalue weighted by molar-refractivity contribution is -0.118. The van der Waals surface area contributed by atoms with Crippen LogP contribution in [0.15, 0.2) is 53.8 Å². The molecule has 0 radical (unpaired) electrons. The summed E-state index contributed by atoms with van der Waals surface area (Å²) in [6, 6.07) is 11.5. The molecular weight excluding hydrogens is 447 g/mol. The molecule has 9 nitrogen and oxygen atoms in total. The summed E-state index contributed by atoms with van der Waals surface area (Å²) in [6.45, 7) is 0.481. The van der Waals surface area contributed by atoms with Gasteiger partial charge < -0.3 is 14.8 Å². The van der Waals surface area contributed by atoms with E-state index in [1.54, 1.807) is 26.4 Å². The summed E-state index contributed by atoms with van der Waals surface area (Å²) in [5.74, 6) is 1.01. The molecule has 4 rings (SSSR count). The Morgan fingerprint density at radius 2 is 1.88 bits per heavy atom. The van der Waals surface area contributed by atoms with Crippen LogP contribution < -0.4 is 14.8 Å². The Labute approximate surface area is 193 Å². The van der Waals surface area contributed by atoms with Crippen molar-refractivity contribution in [3.63, 3.8) is 0 Å². The highest BCUT2D eigenvalue weighted by Crippen LogP contribution is 2.27. The number of halogens is 1. The van der Waals surface area contributed by atoms with Gasteiger partial charge in [-0.05, 0) is 48.4 Å². The van der Waals surface area contributed by atoms with Crippen molar-refractivity contribution in [2.24, 2.45) is 0 Å². The molecule has 0 atom stereocenters. The van der Waals surface area contributed by atoms with Crippen molar-refractivity contribution >= 4 is 28.8 Å². The molecule has 11 heteroatoms. The average Bonchev–Trinajstić information content (AvgIpc) is 3.28. The fraction of sp³-hybridized carbons (Fsp3) is 0.227. The summed E-state index contributed by atoms with van der Waals surface area (Å²) < 4.78 is 25.3. The number of thioether (sulfide) groups is 1. The molecule has 2 aromatic carbocycles. The number of methoxy groups -OCH3 is 2. The van der Waals surface area contributed by atoms with Crippen LogP contribution in [0.3, 0.4) is 0 Å². The van der Waals surface area contributed by atoms with Gasteiger partial charge >= 0.3 is 0 Å². The Morgan fingerprint density at radius 3 is 2.64 bits per heavy atom. The van der Waals surface area contributed by atoms with Crippen molar-refractivity contribution in [1.29, 1.82) is 0 Å². The van der Waals surface area contributed by atoms with Gasteiger partial charge in [-0.2, -0.15) is 4.68 Å². The number of hydrogen-bond acceptors (Lipinski definition) is 8. The molecule has 33 heavy (non-hydrogen) atoms. The molecule has 0 aliphatic heterocycles. The topological polar surface area (TPSA) is 104 Å². The highest BCUT2D eigenvalue weighted by atomic mass is 32.2. The third-order valence-electron chi connectivity index (χ3n) is 4.80. The Hall–Kier alpha value is -3.73. The molecule has 4 aromatic rings. The number of nitrogens with one attached hydrogen (secondary N) is 1. The van der Waals surface area contributed by atoms with Crippen molar-refractivity contribution in [3.05, 3.63) is 60.2 Å². The number of amides is 1. The molecule has 0 unspecified atom stereocenters. The fourth-order valence-corrected chi connectivity index (χ4v) is 3.92. The number of carbonyl (C=O) groups excluding carboxylic acids is 1. The van der Waals surface area contributed by atoms with E-state index in [0.717, 1.165) is 5.56 Å². The van der Waals surface area contributed by atoms with E-state index in [1.165, 1.54) is 34.9 Å². The molecule has 0 aliphatic rings. The van der Waals surface area contributed by atoms with Crippen molar-refractivity contribution in [2.45, 2.75) is 11.4 Å². The number of nitrogens with zero attached hydrogens (tertiary/aromatic N) is 5. The largest absolute Gasteiger partial charge is 0.493 e. The van der Waals surface area contributed by atoms with Gasteiger partial charge in [-0.15, -0.1) is 5.10 Å². The van der Waals surface area contributed by atoms with E-state index in [0.29, 0.717) is 46.3 Å². The number of benzene rings is 2. The quantitative estimate of drug-likeness (QED) is 0.295. The number of rotatable bonds is 9. The van der Waals surface area contributed by atoms with Gasteiger partial charge in [0, 0.05) is 6.54 Å². The third kappa shape index (κ3) is 5.20. The highest BCUT2D eigenvalue weighted by Gasteiger charge is 2.15. The van der Waals surface area contributed by atoms with Crippen LogP contribution in [0, 0.1) is 5.82 Å². The smallest absolute Gasteiger partial charge is 0.230 e. The number of aromatic nitrogens is 5. The minimum absolute atomic E-state index is 0.127. The first-order valence-electron chi connectivity index (χ1n) is 10.0. The van der Waals surface area contributed by atoms with Crippen LogP contribution in [0.4, 0.5) is 4.39 Å². The average molecular weight is 469 g/mol. The first-order valence-corrected chi connectivity index (χ1v) is 11.0. The van der Waals surface area contributed by atoms with E-state index in [4.69, 9.17) is 9.47 Å². The van der Waals surface area contributed by atoms with Crippen molar-refractivity contribution in [2.75, 3.05) is 26.5 Å². The number of carbonyl (C=O) groups is 1. The molecule has 170 valence electrons. The molecule has 1 N–H and O–H groups in total. The van der Waals surface area contributed by atoms with E-state index in [2.05, 4.69) is 25.6 Å². The maximum atomic E-state index is 13.2. The molecule has 0 aliphatic carbocycles. The summed E-state index contributed by atoms with van der Waals surface area (Å²) in [5.41, 5.74) is 2.61. The highest BCUT2D eigenvalue weighted by molar-refractivity contribution is 8.00. The molecule has 2 aromatic heterocycles. The lowest BCUT2D eigenvalue weighted by Gasteiger charge is -2.10. The second-order valence-electron chi connectivity index (χ2n) is 6.91. The Kier molecular flexibility index (Phi) is 6.98. The minimum atomic E-state index is -0.341. The van der Waals surface area contributed by atoms with Gasteiger partial charge in [0.15, 0.2) is 22.7 Å². The first kappa shape index (κ1) is 22.5. The van der Waals surface area contributed by atoms with E-state index >= 15 is 0 Å². The standard InChI is InChI=1S/C22H21FN6O3S/c1-31-17-8-3-14(11-18(17)32-2)9-10-24-19(30)12-33-22-20-21(25-13-26-22)29(28-27-20)16-6-4-15(23)5-7-16/h3-8,11,13H,9-10,12H2,1-2H3,(H,24,30). The van der Waals surface area contributed by atoms with Crippen LogP contribution in [0.2, 0.25) is 0 Å². The van der Waals surface area contributed by atoms with E-state index < -0.39 is 0 Å². The van der Waals surface area contributed by atoms with Crippen LogP contribution in [-0.4, -0.2) is 57.4 Å². The minimum Gasteiger partial charge on any atom is -0.493 e. The Bertz CT molecular complexity index is 1260. The summed E-state index contributed by atoms with van der Waals surface area (Å²) >= 11 is 1.25. The normalized spacial score (nSPS) is 10.9. The van der Waals surface area contributed by atoms with Gasteiger partial charge in [0.05, 0.1) is 25.7 Å². The van der Waals surface area contributed by atoms with E-state index in [1.807, 2.05) is 18.2 Å². The van der Waals surface area contributed by atoms with E-state index in [-0.39, 0.29) is 17.5 Å². The summed E-state index contributed by atoms with van der Waals surface area (Å²) in [4.78, 5) is 20.8. The van der Waals surface area contributed by atoms with Crippen molar-refractivity contribution in [3.8, 4) is 17.2 Å². The van der Waals surface area contributed by atoms with Crippen molar-refractivity contribution in [1.82, 2.24) is 30.3 Å². The fourth-order valence-electron chi connectivity index (χ4n) is 3.16. The molecular formula is C22H21FN6O3S. The van der Waals surface area contributed by atoms with Gasteiger partial charge in [-0.3, -0.25) is 4.79 Å². The molecule has 0 saturated heterocycles. The van der Waals surface area contributed by atoms with Gasteiger partial charge in [-0.25, -0.2) is 14.4 Å². The van der Waals surface area contributed by atoms with Gasteiger partial charge in [0.25, 0.3) is 0 Å². The summed E-state index contributed by atoms with van der Waals surface area (Å²) in [6.07, 6.45) is 2.05. The Balaban J connectivity index is 1.35. The number of hydrogen-bond donors (Lipinski definition) is 1. The third-order valence-corrected chi connectivity index (χ3v) is 5.78. The lowest BCUT2D eigenvalue weighted by Crippen LogP contribution is -2.27. The zero-order chi connectivity index (χ0) is 23.2. The second-order valence-corrected chi connectivity index (χ2v) is 7.87. The zero-order valence-electron chi connectivity index (χ0n) is 18.0. The zero-order valence-corrected chi connectivity index (χ0v) is 18.8. The summed E-state index contributed by atoms with van der Waals surface area (Å²) in [7, 11) is 3.17. The van der Waals surface area contributed by atoms with Crippen LogP contribution in [0.5, 0.6) is 11.5 Å². The van der Waals surface area contributed by atoms with Crippen LogP contribution >= 0.6 is 11.8 Å². The summed E-state index contributed by atoms with van der Waals surface area (Å²) in [5, 5.41) is 11.7. The Morgan fingerprint density at radius 1 is 1.09 bits per heavy atom. The van der Waals surface area contributed by atoms with Crippen LogP contribution in [-0.2, 0) is 11.2 Å². The first-order chi connectivity index (χ1) is 16.1. The molecule has 0 saturated carbocycles. The number of ether oxygens (including phenoxy) is 2. The second kappa shape index (κ2) is 10.3. The van der Waals surface area contributed by atoms with E-state index in [9.17, 15) is 9.18 Å². The predicted octanol–water partition coefficient (Wildman–Crippen LogP) is 2.82. The molecule has 1 amide bonds. The molecule has 0 spiro atoms. The van der Waals surface area contributed by atoms with Gasteiger partial charge in [0.1, 0.15) is 17.2 Å².